The third-order valence-corrected chi connectivity index (χ3v) is 3.27. The minimum Gasteiger partial charge on any atom is -0.302 e. The molecule has 0 radical (unpaired) electrons. The molecule has 0 fully saturated rings. The van der Waals surface area contributed by atoms with Gasteiger partial charge >= 0.3 is 0 Å². The second-order valence-electron chi connectivity index (χ2n) is 4.63. The van der Waals surface area contributed by atoms with Crippen LogP contribution < -0.4 is 5.32 Å². The number of H-pyrrole nitrogens is 1. The van der Waals surface area contributed by atoms with Crippen molar-refractivity contribution in [1.82, 2.24) is 15.5 Å². The van der Waals surface area contributed by atoms with Gasteiger partial charge in [-0.3, -0.25) is 14.7 Å². The van der Waals surface area contributed by atoms with E-state index in [2.05, 4.69) is 20.5 Å². The zero-order valence-electron chi connectivity index (χ0n) is 10.0. The Balaban J connectivity index is 1.64. The summed E-state index contributed by atoms with van der Waals surface area (Å²) in [6.07, 6.45) is 0.549. The predicted octanol–water partition coefficient (Wildman–Crippen LogP) is 1.46. The average molecular weight is 270 g/mol. The summed E-state index contributed by atoms with van der Waals surface area (Å²) in [5.74, 6) is -1.85. The van der Waals surface area contributed by atoms with Crippen LogP contribution in [-0.2, 0) is 4.79 Å². The fourth-order valence-corrected chi connectivity index (χ4v) is 2.23. The molecule has 0 aromatic carbocycles. The third-order valence-electron chi connectivity index (χ3n) is 3.27. The molecule has 1 amide bonds. The molecule has 1 aliphatic heterocycles. The van der Waals surface area contributed by atoms with Gasteiger partial charge in [0.2, 0.25) is 5.78 Å². The normalized spacial score (nSPS) is 15.9. The van der Waals surface area contributed by atoms with Crippen molar-refractivity contribution in [3.8, 4) is 11.1 Å². The zero-order chi connectivity index (χ0) is 13.9. The number of aromatic nitrogens is 2. The fraction of sp³-hybridized carbons (Fsp3) is 0.0769. The Morgan fingerprint density at radius 3 is 3.05 bits per heavy atom. The van der Waals surface area contributed by atoms with Crippen LogP contribution in [0.2, 0.25) is 0 Å². The number of Topliss-reactive ketones (excluding diaryl/α,β-unsaturated/α-hetero) is 1. The number of carbonyl (C=O) groups excluding carboxylic acids is 2. The largest absolute Gasteiger partial charge is 0.302 e. The van der Waals surface area contributed by atoms with Gasteiger partial charge in [-0.1, -0.05) is 0 Å². The van der Waals surface area contributed by atoms with Gasteiger partial charge in [0.05, 0.1) is 12.6 Å². The molecule has 0 atom stereocenters. The van der Waals surface area contributed by atoms with Crippen LogP contribution in [0, 0.1) is 0 Å². The van der Waals surface area contributed by atoms with Crippen LogP contribution in [-0.4, -0.2) is 27.7 Å². The van der Waals surface area contributed by atoms with E-state index in [0.29, 0.717) is 5.39 Å². The maximum atomic E-state index is 12.8. The highest BCUT2D eigenvalue weighted by molar-refractivity contribution is 6.43. The summed E-state index contributed by atoms with van der Waals surface area (Å²) in [6.45, 7) is 0. The van der Waals surface area contributed by atoms with Crippen molar-refractivity contribution in [1.29, 1.82) is 0 Å². The van der Waals surface area contributed by atoms with Crippen molar-refractivity contribution in [3.63, 3.8) is 0 Å². The lowest BCUT2D eigenvalue weighted by Crippen LogP contribution is -2.37. The summed E-state index contributed by atoms with van der Waals surface area (Å²) < 4.78 is 12.8. The molecular weight excluding hydrogens is 263 g/mol. The molecule has 4 rings (SSSR count). The number of aromatic amines is 1. The summed E-state index contributed by atoms with van der Waals surface area (Å²) in [4.78, 5) is 27.2. The van der Waals surface area contributed by atoms with Crippen molar-refractivity contribution < 1.29 is 14.0 Å². The molecule has 7 heteroatoms. The average Bonchev–Trinajstić information content (AvgIpc) is 2.89. The Kier molecular flexibility index (Phi) is 1.98. The van der Waals surface area contributed by atoms with Gasteiger partial charge in [0.25, 0.3) is 5.91 Å². The number of amidine groups is 1. The quantitative estimate of drug-likeness (QED) is 0.701. The van der Waals surface area contributed by atoms with E-state index >= 15 is 0 Å². The Hall–Kier alpha value is -2.83. The SMILES string of the molecule is O=C1CC(F)=CN=C1NC(=O)c1[nH]nc2c3cc-3cc12. The third kappa shape index (κ3) is 1.49. The summed E-state index contributed by atoms with van der Waals surface area (Å²) in [5, 5.41) is 9.79. The predicted molar refractivity (Wildman–Crippen MR) is 68.8 cm³/mol. The first kappa shape index (κ1) is 11.0. The van der Waals surface area contributed by atoms with Gasteiger partial charge in [-0.15, -0.1) is 0 Å². The maximum absolute atomic E-state index is 12.8. The number of allylic oxidation sites excluding steroid dienone is 1. The number of nitrogens with one attached hydrogen (secondary N) is 2. The number of ketones is 1. The minimum atomic E-state index is -0.618. The van der Waals surface area contributed by atoms with Crippen LogP contribution in [0.15, 0.2) is 29.2 Å². The molecule has 0 unspecified atom stereocenters. The topological polar surface area (TPSA) is 87.2 Å². The molecule has 2 aliphatic carbocycles. The smallest absolute Gasteiger partial charge is 0.275 e. The number of aliphatic imine (C=N–C) groups is 1. The molecule has 2 heterocycles. The van der Waals surface area contributed by atoms with Crippen LogP contribution in [0.4, 0.5) is 4.39 Å². The summed E-state index contributed by atoms with van der Waals surface area (Å²) in [5.41, 5.74) is 3.12. The Bertz CT molecular complexity index is 863. The van der Waals surface area contributed by atoms with Gasteiger partial charge in [0, 0.05) is 10.9 Å². The van der Waals surface area contributed by atoms with Crippen LogP contribution in [0.3, 0.4) is 0 Å². The van der Waals surface area contributed by atoms with Crippen LogP contribution in [0.1, 0.15) is 16.9 Å². The zero-order valence-corrected chi connectivity index (χ0v) is 10.0. The lowest BCUT2D eigenvalue weighted by molar-refractivity contribution is -0.112. The van der Waals surface area contributed by atoms with E-state index in [1.165, 1.54) is 0 Å². The van der Waals surface area contributed by atoms with Gasteiger partial charge < -0.3 is 5.32 Å². The van der Waals surface area contributed by atoms with Gasteiger partial charge in [0.15, 0.2) is 5.84 Å². The first-order valence-electron chi connectivity index (χ1n) is 5.93. The van der Waals surface area contributed by atoms with E-state index in [9.17, 15) is 14.0 Å². The first-order valence-corrected chi connectivity index (χ1v) is 5.93. The molecule has 0 saturated carbocycles. The minimum absolute atomic E-state index is 0.158. The van der Waals surface area contributed by atoms with E-state index in [1.54, 1.807) is 0 Å². The van der Waals surface area contributed by atoms with E-state index in [0.717, 1.165) is 22.8 Å². The summed E-state index contributed by atoms with van der Waals surface area (Å²) >= 11 is 0. The molecule has 1 aromatic heterocycles. The van der Waals surface area contributed by atoms with Crippen molar-refractivity contribution >= 4 is 28.4 Å². The first-order chi connectivity index (χ1) is 9.63. The number of nitrogens with zero attached hydrogens (tertiary/aromatic N) is 2. The number of fused-ring (bicyclic) bond motifs is 3. The molecule has 1 aromatic rings. The van der Waals surface area contributed by atoms with E-state index < -0.39 is 17.5 Å². The lowest BCUT2D eigenvalue weighted by atomic mass is 10.2. The second kappa shape index (κ2) is 3.60. The van der Waals surface area contributed by atoms with Crippen molar-refractivity contribution in [2.45, 2.75) is 6.42 Å². The highest BCUT2D eigenvalue weighted by atomic mass is 19.1. The van der Waals surface area contributed by atoms with Gasteiger partial charge in [-0.2, -0.15) is 5.10 Å². The molecule has 3 aliphatic rings. The number of hydrogen-bond acceptors (Lipinski definition) is 4. The number of benzene rings is 1. The Morgan fingerprint density at radius 2 is 2.25 bits per heavy atom. The Morgan fingerprint density at radius 1 is 1.40 bits per heavy atom. The fourth-order valence-electron chi connectivity index (χ4n) is 2.23. The molecule has 2 N–H and O–H groups in total. The second-order valence-corrected chi connectivity index (χ2v) is 4.63. The monoisotopic (exact) mass is 270 g/mol. The molecule has 0 bridgehead atoms. The molecule has 0 saturated heterocycles. The molecular formula is C13H7FN4O2. The highest BCUT2D eigenvalue weighted by Crippen LogP contribution is 2.42. The van der Waals surface area contributed by atoms with Crippen LogP contribution in [0.5, 0.6) is 0 Å². The number of carbonyl (C=O) groups is 2. The van der Waals surface area contributed by atoms with Crippen molar-refractivity contribution in [2.75, 3.05) is 0 Å². The van der Waals surface area contributed by atoms with Crippen molar-refractivity contribution in [2.24, 2.45) is 4.99 Å². The summed E-state index contributed by atoms with van der Waals surface area (Å²) in [6, 6.07) is 3.82. The molecule has 20 heavy (non-hydrogen) atoms. The number of halogens is 1. The summed E-state index contributed by atoms with van der Waals surface area (Å²) in [7, 11) is 0. The molecule has 0 spiro atoms. The van der Waals surface area contributed by atoms with Gasteiger partial charge in [0.1, 0.15) is 17.0 Å². The van der Waals surface area contributed by atoms with Crippen molar-refractivity contribution in [3.05, 3.63) is 29.9 Å². The van der Waals surface area contributed by atoms with Crippen LogP contribution >= 0.6 is 0 Å². The highest BCUT2D eigenvalue weighted by Gasteiger charge is 2.26. The van der Waals surface area contributed by atoms with Gasteiger partial charge in [-0.05, 0) is 17.7 Å². The van der Waals surface area contributed by atoms with Crippen LogP contribution in [0.25, 0.3) is 22.0 Å². The van der Waals surface area contributed by atoms with E-state index in [1.807, 2.05) is 12.1 Å². The molecule has 6 nitrogen and oxygen atoms in total. The van der Waals surface area contributed by atoms with E-state index in [4.69, 9.17) is 0 Å². The maximum Gasteiger partial charge on any atom is 0.275 e. The number of hydrogen-bond donors (Lipinski definition) is 2. The Labute approximate surface area is 111 Å². The lowest BCUT2D eigenvalue weighted by Gasteiger charge is -2.08. The van der Waals surface area contributed by atoms with E-state index in [-0.39, 0.29) is 18.0 Å². The van der Waals surface area contributed by atoms with Gasteiger partial charge in [-0.25, -0.2) is 9.38 Å². The standard InChI is InChI=1S/C13H7FN4O2/c14-6-3-9(19)12(15-4-6)16-13(20)11-8-2-5-1-7(5)10(8)17-18-11/h1-2,4H,3H2,(H,17,18)(H,15,16,20). The molecule has 98 valence electrons. The number of rotatable bonds is 1. The number of amides is 1.